The quantitative estimate of drug-likeness (QED) is 0.676. The van der Waals surface area contributed by atoms with Crippen LogP contribution >= 0.6 is 22.6 Å². The number of carbonyl (C=O) groups is 1. The number of hydrogen-bond acceptors (Lipinski definition) is 3. The third kappa shape index (κ3) is 2.80. The first-order valence-corrected chi connectivity index (χ1v) is 6.62. The van der Waals surface area contributed by atoms with Gasteiger partial charge in [0.05, 0.1) is 18.4 Å². The van der Waals surface area contributed by atoms with E-state index < -0.39 is 0 Å². The number of benzene rings is 1. The van der Waals surface area contributed by atoms with E-state index in [-0.39, 0.29) is 5.97 Å². The molecule has 0 radical (unpaired) electrons. The Morgan fingerprint density at radius 1 is 1.35 bits per heavy atom. The third-order valence-electron chi connectivity index (χ3n) is 2.81. The van der Waals surface area contributed by atoms with E-state index in [0.717, 1.165) is 39.8 Å². The van der Waals surface area contributed by atoms with Gasteiger partial charge < -0.3 is 10.1 Å². The topological polar surface area (TPSA) is 38.3 Å². The first-order valence-electron chi connectivity index (χ1n) is 5.54. The zero-order valence-electron chi connectivity index (χ0n) is 9.63. The molecule has 2 rings (SSSR count). The molecule has 1 aromatic carbocycles. The molecule has 4 heteroatoms. The molecule has 0 spiro atoms. The molecular formula is C13H14INO2. The molecule has 0 atom stereocenters. The van der Waals surface area contributed by atoms with Crippen molar-refractivity contribution in [2.24, 2.45) is 0 Å². The number of carbonyl (C=O) groups excluding carboxylic acids is 1. The normalized spacial score (nSPS) is 14.9. The number of ether oxygens (including phenoxy) is 1. The van der Waals surface area contributed by atoms with Gasteiger partial charge in [0.2, 0.25) is 0 Å². The van der Waals surface area contributed by atoms with Crippen molar-refractivity contribution in [1.29, 1.82) is 0 Å². The van der Waals surface area contributed by atoms with Gasteiger partial charge in [-0.1, -0.05) is 12.1 Å². The number of esters is 1. The van der Waals surface area contributed by atoms with Crippen LogP contribution in [0.2, 0.25) is 0 Å². The number of hydrogen-bond donors (Lipinski definition) is 1. The summed E-state index contributed by atoms with van der Waals surface area (Å²) in [6, 6.07) is 8.03. The molecule has 0 aromatic heterocycles. The first kappa shape index (κ1) is 12.4. The van der Waals surface area contributed by atoms with Gasteiger partial charge in [0.1, 0.15) is 0 Å². The van der Waals surface area contributed by atoms with E-state index in [0.29, 0.717) is 0 Å². The molecule has 0 heterocycles. The highest BCUT2D eigenvalue weighted by Gasteiger charge is 2.21. The molecule has 90 valence electrons. The Morgan fingerprint density at radius 2 is 2.12 bits per heavy atom. The highest BCUT2D eigenvalue weighted by molar-refractivity contribution is 14.1. The number of allylic oxidation sites excluding steroid dienone is 1. The lowest BCUT2D eigenvalue weighted by molar-refractivity contribution is -0.136. The Bertz CT molecular complexity index is 468. The van der Waals surface area contributed by atoms with Crippen LogP contribution < -0.4 is 5.32 Å². The number of anilines is 1. The summed E-state index contributed by atoms with van der Waals surface area (Å²) in [4.78, 5) is 11.6. The van der Waals surface area contributed by atoms with Crippen molar-refractivity contribution < 1.29 is 9.53 Å². The van der Waals surface area contributed by atoms with Gasteiger partial charge in [0.15, 0.2) is 0 Å². The summed E-state index contributed by atoms with van der Waals surface area (Å²) in [5.74, 6) is -0.212. The van der Waals surface area contributed by atoms with Gasteiger partial charge in [-0.15, -0.1) is 0 Å². The minimum Gasteiger partial charge on any atom is -0.466 e. The summed E-state index contributed by atoms with van der Waals surface area (Å²) < 4.78 is 5.94. The van der Waals surface area contributed by atoms with Crippen molar-refractivity contribution in [3.63, 3.8) is 0 Å². The predicted octanol–water partition coefficient (Wildman–Crippen LogP) is 3.31. The molecule has 1 aromatic rings. The van der Waals surface area contributed by atoms with Gasteiger partial charge in [0, 0.05) is 9.27 Å². The molecular weight excluding hydrogens is 329 g/mol. The van der Waals surface area contributed by atoms with E-state index in [1.165, 1.54) is 7.11 Å². The van der Waals surface area contributed by atoms with E-state index in [2.05, 4.69) is 27.9 Å². The standard InChI is InChI=1S/C13H14INO2/c1-17-13(16)9-5-4-8-11(9)15-12-7-3-2-6-10(12)14/h2-3,6-7,15H,4-5,8H2,1H3. The predicted molar refractivity (Wildman–Crippen MR) is 75.7 cm³/mol. The van der Waals surface area contributed by atoms with Crippen LogP contribution in [0.3, 0.4) is 0 Å². The van der Waals surface area contributed by atoms with E-state index in [1.54, 1.807) is 0 Å². The summed E-state index contributed by atoms with van der Waals surface area (Å²) in [5, 5.41) is 3.35. The number of rotatable bonds is 3. The Balaban J connectivity index is 2.23. The molecule has 0 unspecified atom stereocenters. The SMILES string of the molecule is COC(=O)C1=C(Nc2ccccc2I)CCC1. The van der Waals surface area contributed by atoms with E-state index in [9.17, 15) is 4.79 Å². The van der Waals surface area contributed by atoms with Crippen LogP contribution in [0.1, 0.15) is 19.3 Å². The molecule has 3 nitrogen and oxygen atoms in total. The molecule has 0 saturated carbocycles. The van der Waals surface area contributed by atoms with Gasteiger partial charge in [-0.3, -0.25) is 0 Å². The average Bonchev–Trinajstić information content (AvgIpc) is 2.79. The van der Waals surface area contributed by atoms with Crippen molar-refractivity contribution in [2.75, 3.05) is 12.4 Å². The number of halogens is 1. The van der Waals surface area contributed by atoms with Crippen molar-refractivity contribution in [3.8, 4) is 0 Å². The molecule has 0 fully saturated rings. The number of para-hydroxylation sites is 1. The molecule has 1 aliphatic rings. The highest BCUT2D eigenvalue weighted by Crippen LogP contribution is 2.29. The van der Waals surface area contributed by atoms with E-state index >= 15 is 0 Å². The minimum absolute atomic E-state index is 0.212. The molecule has 0 amide bonds. The van der Waals surface area contributed by atoms with Crippen LogP contribution in [-0.2, 0) is 9.53 Å². The summed E-state index contributed by atoms with van der Waals surface area (Å²) in [6.07, 6.45) is 2.73. The largest absolute Gasteiger partial charge is 0.466 e. The average molecular weight is 343 g/mol. The summed E-state index contributed by atoms with van der Waals surface area (Å²) in [5.41, 5.74) is 2.83. The Kier molecular flexibility index (Phi) is 4.04. The van der Waals surface area contributed by atoms with Crippen LogP contribution in [0, 0.1) is 3.57 Å². The zero-order valence-corrected chi connectivity index (χ0v) is 11.8. The van der Waals surface area contributed by atoms with Gasteiger partial charge in [-0.05, 0) is 54.0 Å². The van der Waals surface area contributed by atoms with Crippen LogP contribution in [0.5, 0.6) is 0 Å². The fourth-order valence-electron chi connectivity index (χ4n) is 1.96. The van der Waals surface area contributed by atoms with Gasteiger partial charge in [0.25, 0.3) is 0 Å². The van der Waals surface area contributed by atoms with E-state index in [1.807, 2.05) is 24.3 Å². The monoisotopic (exact) mass is 343 g/mol. The van der Waals surface area contributed by atoms with Crippen LogP contribution in [0.25, 0.3) is 0 Å². The van der Waals surface area contributed by atoms with Crippen molar-refractivity contribution in [3.05, 3.63) is 39.1 Å². The molecule has 0 bridgehead atoms. The lowest BCUT2D eigenvalue weighted by Gasteiger charge is -2.11. The Labute approximate surface area is 114 Å². The number of methoxy groups -OCH3 is 1. The molecule has 1 N–H and O–H groups in total. The molecule has 17 heavy (non-hydrogen) atoms. The second kappa shape index (κ2) is 5.53. The van der Waals surface area contributed by atoms with Gasteiger partial charge >= 0.3 is 5.97 Å². The summed E-state index contributed by atoms with van der Waals surface area (Å²) >= 11 is 2.28. The van der Waals surface area contributed by atoms with Gasteiger partial charge in [-0.2, -0.15) is 0 Å². The minimum atomic E-state index is -0.212. The molecule has 1 aliphatic carbocycles. The van der Waals surface area contributed by atoms with Gasteiger partial charge in [-0.25, -0.2) is 4.79 Å². The maximum Gasteiger partial charge on any atom is 0.335 e. The molecule has 0 aliphatic heterocycles. The van der Waals surface area contributed by atoms with E-state index in [4.69, 9.17) is 4.74 Å². The summed E-state index contributed by atoms with van der Waals surface area (Å²) in [7, 11) is 1.43. The van der Waals surface area contributed by atoms with Crippen molar-refractivity contribution in [1.82, 2.24) is 0 Å². The lowest BCUT2D eigenvalue weighted by Crippen LogP contribution is -2.08. The van der Waals surface area contributed by atoms with Crippen molar-refractivity contribution >= 4 is 34.2 Å². The smallest absolute Gasteiger partial charge is 0.335 e. The lowest BCUT2D eigenvalue weighted by atomic mass is 10.2. The maximum atomic E-state index is 11.6. The zero-order chi connectivity index (χ0) is 12.3. The maximum absolute atomic E-state index is 11.6. The third-order valence-corrected chi connectivity index (χ3v) is 3.75. The summed E-state index contributed by atoms with van der Waals surface area (Å²) in [6.45, 7) is 0. The molecule has 0 saturated heterocycles. The fraction of sp³-hybridized carbons (Fsp3) is 0.308. The highest BCUT2D eigenvalue weighted by atomic mass is 127. The van der Waals surface area contributed by atoms with Crippen LogP contribution in [0.15, 0.2) is 35.5 Å². The Morgan fingerprint density at radius 3 is 2.82 bits per heavy atom. The number of nitrogens with one attached hydrogen (secondary N) is 1. The van der Waals surface area contributed by atoms with Crippen LogP contribution in [-0.4, -0.2) is 13.1 Å². The van der Waals surface area contributed by atoms with Crippen LogP contribution in [0.4, 0.5) is 5.69 Å². The Hall–Kier alpha value is -1.04. The second-order valence-corrected chi connectivity index (χ2v) is 5.07. The van der Waals surface area contributed by atoms with Crippen molar-refractivity contribution in [2.45, 2.75) is 19.3 Å². The first-order chi connectivity index (χ1) is 8.22. The second-order valence-electron chi connectivity index (χ2n) is 3.91. The fourth-order valence-corrected chi connectivity index (χ4v) is 2.48.